The van der Waals surface area contributed by atoms with Crippen LogP contribution in [0.2, 0.25) is 0 Å². The Balaban J connectivity index is 0.00000226. The average Bonchev–Trinajstić information content (AvgIpc) is 3.34. The van der Waals surface area contributed by atoms with Gasteiger partial charge in [0.15, 0.2) is 5.82 Å². The van der Waals surface area contributed by atoms with Crippen LogP contribution < -0.4 is 0 Å². The summed E-state index contributed by atoms with van der Waals surface area (Å²) in [6, 6.07) is 9.43. The first-order valence-electron chi connectivity index (χ1n) is 16.3. The van der Waals surface area contributed by atoms with Gasteiger partial charge in [-0.1, -0.05) is 107 Å². The van der Waals surface area contributed by atoms with Gasteiger partial charge in [0.1, 0.15) is 5.69 Å². The van der Waals surface area contributed by atoms with Crippen molar-refractivity contribution < 1.29 is 13.1 Å². The molecule has 45 heavy (non-hydrogen) atoms. The number of hydrogen-bond donors (Lipinski definition) is 0. The number of aryl methyl sites for hydroxylation is 1. The molecule has 0 saturated heterocycles. The zero-order valence-electron chi connectivity index (χ0n) is 30.2. The Morgan fingerprint density at radius 3 is 1.20 bits per heavy atom. The number of aliphatic imine (C=N–C) groups is 2. The fourth-order valence-corrected chi connectivity index (χ4v) is 5.51. The van der Waals surface area contributed by atoms with Gasteiger partial charge in [-0.15, -0.1) is 0 Å². The molecule has 0 spiro atoms. The molecule has 4 nitrogen and oxygen atoms in total. The number of halogens is 2. The topological polar surface area (TPSA) is 42.5 Å². The predicted octanol–water partition coefficient (Wildman–Crippen LogP) is 12.8. The van der Waals surface area contributed by atoms with Crippen molar-refractivity contribution in [1.82, 2.24) is 9.55 Å². The molecule has 250 valence electrons. The molecule has 0 N–H and O–H groups in total. The summed E-state index contributed by atoms with van der Waals surface area (Å²) in [4.78, 5) is 15.6. The molecule has 0 amide bonds. The maximum absolute atomic E-state index is 5.28. The number of rotatable bonds is 10. The molecular formula is C38H56Cl2FeN4. The average molecular weight is 696 g/mol. The van der Waals surface area contributed by atoms with Crippen LogP contribution in [0.5, 0.6) is 0 Å². The van der Waals surface area contributed by atoms with E-state index in [2.05, 4.69) is 139 Å². The number of nitrogens with zero attached hydrogens (tertiary/aromatic N) is 4. The van der Waals surface area contributed by atoms with Gasteiger partial charge in [0.2, 0.25) is 0 Å². The molecule has 0 saturated carbocycles. The third kappa shape index (κ3) is 10.0. The van der Waals surface area contributed by atoms with Crippen molar-refractivity contribution in [3.8, 4) is 0 Å². The van der Waals surface area contributed by atoms with Gasteiger partial charge >= 0.3 is 33.3 Å². The van der Waals surface area contributed by atoms with E-state index < -0.39 is 0 Å². The van der Waals surface area contributed by atoms with Crippen LogP contribution in [0.25, 0.3) is 0 Å². The fourth-order valence-electron chi connectivity index (χ4n) is 5.51. The minimum absolute atomic E-state index is 0.194. The third-order valence-electron chi connectivity index (χ3n) is 8.33. The molecule has 3 aromatic rings. The molecule has 1 heterocycles. The van der Waals surface area contributed by atoms with Crippen LogP contribution in [0.4, 0.5) is 11.4 Å². The second kappa shape index (κ2) is 17.3. The van der Waals surface area contributed by atoms with Crippen molar-refractivity contribution in [3.05, 3.63) is 75.4 Å². The zero-order valence-corrected chi connectivity index (χ0v) is 32.9. The van der Waals surface area contributed by atoms with Crippen LogP contribution in [0.15, 0.2) is 40.4 Å². The molecule has 0 aliphatic rings. The number of imidazole rings is 1. The summed E-state index contributed by atoms with van der Waals surface area (Å²) in [6.07, 6.45) is 2.09. The van der Waals surface area contributed by atoms with Gasteiger partial charge in [-0.25, -0.2) is 9.98 Å². The number of aromatic nitrogens is 2. The van der Waals surface area contributed by atoms with Crippen molar-refractivity contribution in [2.75, 3.05) is 0 Å². The summed E-state index contributed by atoms with van der Waals surface area (Å²) in [5, 5.41) is 0. The molecule has 0 bridgehead atoms. The first-order chi connectivity index (χ1) is 20.9. The van der Waals surface area contributed by atoms with Gasteiger partial charge in [-0.2, -0.15) is 0 Å². The summed E-state index contributed by atoms with van der Waals surface area (Å²) < 4.78 is 2.09. The number of hydrogen-bond acceptors (Lipinski definition) is 3. The van der Waals surface area contributed by atoms with Crippen LogP contribution in [-0.2, 0) is 20.2 Å². The quantitative estimate of drug-likeness (QED) is 0.154. The SMILES string of the molecule is CC(=Nc1c(C(C)C)cc(C(C)C)cc1C(C)C)c1cn(C)c(C(C)=Nc2c(C(C)C)cc(C(C)C)cc2C(C)C)n1.[Cl][Fe][Cl]. The Kier molecular flexibility index (Phi) is 15.1. The summed E-state index contributed by atoms with van der Waals surface area (Å²) >= 11 is 0.194. The van der Waals surface area contributed by atoms with E-state index in [4.69, 9.17) is 35.2 Å². The van der Waals surface area contributed by atoms with E-state index in [1.165, 1.54) is 33.4 Å². The van der Waals surface area contributed by atoms with E-state index in [1.54, 1.807) is 0 Å². The second-order valence-electron chi connectivity index (χ2n) is 14.0. The van der Waals surface area contributed by atoms with Crippen molar-refractivity contribution in [3.63, 3.8) is 0 Å². The third-order valence-corrected chi connectivity index (χ3v) is 8.33. The van der Waals surface area contributed by atoms with Gasteiger partial charge in [-0.05, 0) is 82.7 Å². The van der Waals surface area contributed by atoms with E-state index in [-0.39, 0.29) is 13.1 Å². The second-order valence-corrected chi connectivity index (χ2v) is 15.9. The predicted molar refractivity (Wildman–Crippen MR) is 196 cm³/mol. The summed E-state index contributed by atoms with van der Waals surface area (Å²) in [5.74, 6) is 3.36. The van der Waals surface area contributed by atoms with E-state index in [1.807, 2.05) is 0 Å². The zero-order chi connectivity index (χ0) is 34.3. The van der Waals surface area contributed by atoms with Gasteiger partial charge in [0.25, 0.3) is 0 Å². The molecule has 0 atom stereocenters. The Morgan fingerprint density at radius 2 is 0.911 bits per heavy atom. The Bertz CT molecular complexity index is 1440. The minimum atomic E-state index is 0.194. The first-order valence-corrected chi connectivity index (χ1v) is 19.3. The summed E-state index contributed by atoms with van der Waals surface area (Å²) in [6.45, 7) is 31.4. The van der Waals surface area contributed by atoms with Crippen LogP contribution in [0, 0.1) is 0 Å². The van der Waals surface area contributed by atoms with Crippen molar-refractivity contribution in [2.45, 2.75) is 132 Å². The molecule has 0 fully saturated rings. The maximum atomic E-state index is 5.28. The summed E-state index contributed by atoms with van der Waals surface area (Å²) in [7, 11) is 11.6. The van der Waals surface area contributed by atoms with Gasteiger partial charge in [0, 0.05) is 13.2 Å². The van der Waals surface area contributed by atoms with Crippen LogP contribution in [0.3, 0.4) is 0 Å². The molecule has 0 unspecified atom stereocenters. The van der Waals surface area contributed by atoms with Crippen molar-refractivity contribution >= 4 is 43.0 Å². The Labute approximate surface area is 289 Å². The van der Waals surface area contributed by atoms with E-state index >= 15 is 0 Å². The molecule has 2 aromatic carbocycles. The number of benzene rings is 2. The molecule has 0 radical (unpaired) electrons. The first kappa shape index (κ1) is 39.3. The van der Waals surface area contributed by atoms with E-state index in [0.29, 0.717) is 35.5 Å². The molecule has 1 aromatic heterocycles. The molecular weight excluding hydrogens is 639 g/mol. The summed E-state index contributed by atoms with van der Waals surface area (Å²) in [5.41, 5.74) is 13.0. The van der Waals surface area contributed by atoms with Crippen LogP contribution >= 0.6 is 20.2 Å². The van der Waals surface area contributed by atoms with Gasteiger partial charge in [-0.3, -0.25) is 4.99 Å². The van der Waals surface area contributed by atoms with E-state index in [9.17, 15) is 0 Å². The Hall–Kier alpha value is -1.91. The van der Waals surface area contributed by atoms with E-state index in [0.717, 1.165) is 34.3 Å². The molecule has 3 rings (SSSR count). The Morgan fingerprint density at radius 1 is 0.600 bits per heavy atom. The van der Waals surface area contributed by atoms with Crippen molar-refractivity contribution in [1.29, 1.82) is 0 Å². The molecule has 0 aliphatic carbocycles. The van der Waals surface area contributed by atoms with Crippen LogP contribution in [0.1, 0.15) is 177 Å². The monoisotopic (exact) mass is 694 g/mol. The van der Waals surface area contributed by atoms with Crippen LogP contribution in [-0.4, -0.2) is 21.0 Å². The van der Waals surface area contributed by atoms with Gasteiger partial charge < -0.3 is 4.57 Å². The molecule has 0 aliphatic heterocycles. The van der Waals surface area contributed by atoms with Gasteiger partial charge in [0.05, 0.1) is 22.8 Å². The molecule has 7 heteroatoms. The fraction of sp³-hybridized carbons (Fsp3) is 0.553. The standard InChI is InChI=1S/C38H56N4.2ClH.Fe/c1-21(2)29-16-31(23(5)6)36(32(17-29)24(7)8)39-27(13)35-20-42(15)38(41-35)28(14)40-37-33(25(9)10)18-30(22(3)4)19-34(37)26(11)12;;;/h16-26H,1-15H3;2*1H;/q;;;+2/p-2. The van der Waals surface area contributed by atoms with Crippen molar-refractivity contribution in [2.24, 2.45) is 17.0 Å². The normalized spacial score (nSPS) is 12.9.